The highest BCUT2D eigenvalue weighted by Gasteiger charge is 2.08. The molecule has 0 aliphatic rings. The molecule has 0 saturated carbocycles. The van der Waals surface area contributed by atoms with Gasteiger partial charge in [0.2, 0.25) is 0 Å². The van der Waals surface area contributed by atoms with Crippen LogP contribution in [0.15, 0.2) is 24.3 Å². The van der Waals surface area contributed by atoms with Crippen LogP contribution in [0.3, 0.4) is 0 Å². The second-order valence-corrected chi connectivity index (χ2v) is 4.97. The maximum atomic E-state index is 9.82. The molecule has 114 valence electrons. The predicted molar refractivity (Wildman–Crippen MR) is 80.9 cm³/mol. The van der Waals surface area contributed by atoms with Crippen LogP contribution in [0.5, 0.6) is 0 Å². The van der Waals surface area contributed by atoms with Crippen LogP contribution in [0.25, 0.3) is 0 Å². The van der Waals surface area contributed by atoms with Gasteiger partial charge in [-0.15, -0.1) is 0 Å². The average Bonchev–Trinajstić information content (AvgIpc) is 2.45. The molecule has 1 unspecified atom stereocenters. The number of rotatable bonds is 10. The second kappa shape index (κ2) is 9.88. The molecule has 0 radical (unpaired) electrons. The van der Waals surface area contributed by atoms with Gasteiger partial charge < -0.3 is 19.9 Å². The van der Waals surface area contributed by atoms with Crippen molar-refractivity contribution in [1.82, 2.24) is 5.32 Å². The highest BCUT2D eigenvalue weighted by molar-refractivity contribution is 5.23. The minimum absolute atomic E-state index is 0.216. The summed E-state index contributed by atoms with van der Waals surface area (Å²) >= 11 is 0. The molecular weight excluding hydrogens is 254 g/mol. The van der Waals surface area contributed by atoms with Crippen LogP contribution < -0.4 is 5.32 Å². The SMILES string of the molecule is CCOCCOCC(O)CN[C@@H](C)c1ccc(C)cc1. The van der Waals surface area contributed by atoms with Crippen molar-refractivity contribution < 1.29 is 14.6 Å². The van der Waals surface area contributed by atoms with Crippen LogP contribution in [-0.4, -0.2) is 44.2 Å². The lowest BCUT2D eigenvalue weighted by molar-refractivity contribution is 0.00586. The van der Waals surface area contributed by atoms with Crippen LogP contribution in [0.1, 0.15) is 31.0 Å². The van der Waals surface area contributed by atoms with Gasteiger partial charge in [0, 0.05) is 19.2 Å². The van der Waals surface area contributed by atoms with Gasteiger partial charge in [0.25, 0.3) is 0 Å². The van der Waals surface area contributed by atoms with Gasteiger partial charge >= 0.3 is 0 Å². The fraction of sp³-hybridized carbons (Fsp3) is 0.625. The third-order valence-corrected chi connectivity index (χ3v) is 3.12. The van der Waals surface area contributed by atoms with Gasteiger partial charge in [0.05, 0.1) is 25.9 Å². The van der Waals surface area contributed by atoms with E-state index < -0.39 is 6.10 Å². The van der Waals surface area contributed by atoms with Crippen molar-refractivity contribution in [3.05, 3.63) is 35.4 Å². The van der Waals surface area contributed by atoms with Gasteiger partial charge in [0.1, 0.15) is 0 Å². The minimum Gasteiger partial charge on any atom is -0.389 e. The first-order chi connectivity index (χ1) is 9.63. The third-order valence-electron chi connectivity index (χ3n) is 3.12. The Bertz CT molecular complexity index is 353. The summed E-state index contributed by atoms with van der Waals surface area (Å²) in [5.74, 6) is 0. The van der Waals surface area contributed by atoms with Crippen LogP contribution in [0.2, 0.25) is 0 Å². The van der Waals surface area contributed by atoms with E-state index in [2.05, 4.69) is 43.4 Å². The van der Waals surface area contributed by atoms with Crippen LogP contribution in [-0.2, 0) is 9.47 Å². The Kier molecular flexibility index (Phi) is 8.46. The normalized spacial score (nSPS) is 14.2. The molecule has 4 nitrogen and oxygen atoms in total. The molecule has 0 spiro atoms. The molecule has 1 aromatic rings. The Morgan fingerprint density at radius 2 is 1.80 bits per heavy atom. The van der Waals surface area contributed by atoms with Gasteiger partial charge in [-0.05, 0) is 26.3 Å². The number of aliphatic hydroxyl groups excluding tert-OH is 1. The summed E-state index contributed by atoms with van der Waals surface area (Å²) in [5.41, 5.74) is 2.48. The summed E-state index contributed by atoms with van der Waals surface area (Å²) in [4.78, 5) is 0. The molecule has 2 atom stereocenters. The number of benzene rings is 1. The van der Waals surface area contributed by atoms with Crippen LogP contribution in [0.4, 0.5) is 0 Å². The first-order valence-corrected chi connectivity index (χ1v) is 7.27. The number of hydrogen-bond acceptors (Lipinski definition) is 4. The van der Waals surface area contributed by atoms with E-state index in [0.717, 1.165) is 0 Å². The van der Waals surface area contributed by atoms with Crippen LogP contribution >= 0.6 is 0 Å². The summed E-state index contributed by atoms with van der Waals surface area (Å²) in [6.07, 6.45) is -0.496. The highest BCUT2D eigenvalue weighted by atomic mass is 16.5. The number of ether oxygens (including phenoxy) is 2. The third kappa shape index (κ3) is 7.01. The summed E-state index contributed by atoms with van der Waals surface area (Å²) in [7, 11) is 0. The van der Waals surface area contributed by atoms with Crippen molar-refractivity contribution in [3.63, 3.8) is 0 Å². The van der Waals surface area contributed by atoms with Crippen LogP contribution in [0, 0.1) is 6.92 Å². The maximum Gasteiger partial charge on any atom is 0.0897 e. The zero-order valence-corrected chi connectivity index (χ0v) is 12.8. The van der Waals surface area contributed by atoms with Gasteiger partial charge in [-0.25, -0.2) is 0 Å². The Morgan fingerprint density at radius 3 is 2.45 bits per heavy atom. The molecular formula is C16H27NO3. The number of aliphatic hydroxyl groups is 1. The highest BCUT2D eigenvalue weighted by Crippen LogP contribution is 2.12. The van der Waals surface area contributed by atoms with Crippen molar-refractivity contribution in [2.75, 3.05) is 33.0 Å². The molecule has 0 aliphatic heterocycles. The zero-order valence-electron chi connectivity index (χ0n) is 12.8. The monoisotopic (exact) mass is 281 g/mol. The molecule has 0 fully saturated rings. The molecule has 0 aromatic heterocycles. The van der Waals surface area contributed by atoms with E-state index in [0.29, 0.717) is 33.0 Å². The lowest BCUT2D eigenvalue weighted by Crippen LogP contribution is -2.32. The molecule has 0 bridgehead atoms. The topological polar surface area (TPSA) is 50.7 Å². The standard InChI is InChI=1S/C16H27NO3/c1-4-19-9-10-20-12-16(18)11-17-14(3)15-7-5-13(2)6-8-15/h5-8,14,16-18H,4,9-12H2,1-3H3/t14-,16?/m0/s1. The Morgan fingerprint density at radius 1 is 1.15 bits per heavy atom. The predicted octanol–water partition coefficient (Wildman–Crippen LogP) is 2.06. The molecule has 1 rings (SSSR count). The largest absolute Gasteiger partial charge is 0.389 e. The molecule has 4 heteroatoms. The first-order valence-electron chi connectivity index (χ1n) is 7.27. The van der Waals surface area contributed by atoms with E-state index in [-0.39, 0.29) is 6.04 Å². The van der Waals surface area contributed by atoms with Crippen molar-refractivity contribution in [1.29, 1.82) is 0 Å². The molecule has 20 heavy (non-hydrogen) atoms. The molecule has 0 saturated heterocycles. The maximum absolute atomic E-state index is 9.82. The van der Waals surface area contributed by atoms with Crippen molar-refractivity contribution in [3.8, 4) is 0 Å². The summed E-state index contributed by atoms with van der Waals surface area (Å²) in [6.45, 7) is 8.77. The smallest absolute Gasteiger partial charge is 0.0897 e. The number of hydrogen-bond donors (Lipinski definition) is 2. The van der Waals surface area contributed by atoms with E-state index in [9.17, 15) is 5.11 Å². The van der Waals surface area contributed by atoms with E-state index >= 15 is 0 Å². The molecule has 0 aliphatic carbocycles. The van der Waals surface area contributed by atoms with E-state index in [1.807, 2.05) is 6.92 Å². The van der Waals surface area contributed by atoms with Crippen molar-refractivity contribution in [2.24, 2.45) is 0 Å². The molecule has 2 N–H and O–H groups in total. The second-order valence-electron chi connectivity index (χ2n) is 4.97. The number of nitrogens with one attached hydrogen (secondary N) is 1. The molecule has 0 heterocycles. The van der Waals surface area contributed by atoms with Crippen molar-refractivity contribution in [2.45, 2.75) is 32.9 Å². The minimum atomic E-state index is -0.496. The summed E-state index contributed by atoms with van der Waals surface area (Å²) < 4.78 is 10.5. The quantitative estimate of drug-likeness (QED) is 0.645. The van der Waals surface area contributed by atoms with E-state index in [1.54, 1.807) is 0 Å². The lowest BCUT2D eigenvalue weighted by atomic mass is 10.1. The van der Waals surface area contributed by atoms with E-state index in [4.69, 9.17) is 9.47 Å². The summed E-state index contributed by atoms with van der Waals surface area (Å²) in [5, 5.41) is 13.1. The Hall–Kier alpha value is -0.940. The zero-order chi connectivity index (χ0) is 14.8. The average molecular weight is 281 g/mol. The van der Waals surface area contributed by atoms with Gasteiger partial charge in [-0.1, -0.05) is 29.8 Å². The lowest BCUT2D eigenvalue weighted by Gasteiger charge is -2.18. The van der Waals surface area contributed by atoms with Crippen molar-refractivity contribution >= 4 is 0 Å². The number of aryl methyl sites for hydroxylation is 1. The summed E-state index contributed by atoms with van der Waals surface area (Å²) in [6, 6.07) is 8.63. The van der Waals surface area contributed by atoms with E-state index in [1.165, 1.54) is 11.1 Å². The molecule has 1 aromatic carbocycles. The fourth-order valence-corrected chi connectivity index (χ4v) is 1.83. The van der Waals surface area contributed by atoms with Gasteiger partial charge in [0.15, 0.2) is 0 Å². The molecule has 0 amide bonds. The Balaban J connectivity index is 2.16. The Labute approximate surface area is 122 Å². The first kappa shape index (κ1) is 17.1. The van der Waals surface area contributed by atoms with Gasteiger partial charge in [-0.2, -0.15) is 0 Å². The fourth-order valence-electron chi connectivity index (χ4n) is 1.83. The van der Waals surface area contributed by atoms with Gasteiger partial charge in [-0.3, -0.25) is 0 Å².